The van der Waals surface area contributed by atoms with Crippen LogP contribution in [-0.4, -0.2) is 16.9 Å². The number of amides is 3. The molecule has 0 fully saturated rings. The van der Waals surface area contributed by atoms with Crippen molar-refractivity contribution in [3.05, 3.63) is 95.3 Å². The number of hydrogen-bond acceptors (Lipinski definition) is 3. The molecule has 2 aromatic carbocycles. The smallest absolute Gasteiger partial charge is 0.348 e. The molecular weight excluding hydrogens is 409 g/mol. The maximum atomic E-state index is 13.0. The Hall–Kier alpha value is -3.88. The highest BCUT2D eigenvalue weighted by molar-refractivity contribution is 5.95. The topological polar surface area (TPSA) is 83.1 Å². The van der Waals surface area contributed by atoms with Gasteiger partial charge in [0.1, 0.15) is 0 Å². The summed E-state index contributed by atoms with van der Waals surface area (Å²) in [5.41, 5.74) is 0.808. The fourth-order valence-electron chi connectivity index (χ4n) is 2.79. The highest BCUT2D eigenvalue weighted by Gasteiger charge is 2.32. The summed E-state index contributed by atoms with van der Waals surface area (Å²) in [4.78, 5) is 28.1. The Balaban J connectivity index is 1.53. The number of benzene rings is 2. The minimum absolute atomic E-state index is 0.0208. The van der Waals surface area contributed by atoms with Gasteiger partial charge in [-0.15, -0.1) is 0 Å². The summed E-state index contributed by atoms with van der Waals surface area (Å²) in [6, 6.07) is 14.2. The summed E-state index contributed by atoms with van der Waals surface area (Å²) in [7, 11) is 0. The molecule has 0 saturated heterocycles. The van der Waals surface area contributed by atoms with Crippen LogP contribution in [0.2, 0.25) is 0 Å². The second kappa shape index (κ2) is 9.75. The van der Waals surface area contributed by atoms with Crippen molar-refractivity contribution >= 4 is 17.6 Å². The maximum Gasteiger partial charge on any atom is 0.416 e. The van der Waals surface area contributed by atoms with Gasteiger partial charge >= 0.3 is 12.2 Å². The fourth-order valence-corrected chi connectivity index (χ4v) is 2.79. The van der Waals surface area contributed by atoms with E-state index in [4.69, 9.17) is 0 Å². The minimum atomic E-state index is -4.49. The average molecular weight is 428 g/mol. The summed E-state index contributed by atoms with van der Waals surface area (Å²) < 4.78 is 39.1. The molecule has 0 saturated carbocycles. The largest absolute Gasteiger partial charge is 0.416 e. The molecule has 9 heteroatoms. The molecule has 3 N–H and O–H groups in total. The first-order valence-electron chi connectivity index (χ1n) is 9.30. The molecule has 0 aliphatic carbocycles. The van der Waals surface area contributed by atoms with E-state index < -0.39 is 23.7 Å². The number of alkyl halides is 3. The predicted molar refractivity (Wildman–Crippen MR) is 109 cm³/mol. The fraction of sp³-hybridized carbons (Fsp3) is 0.136. The van der Waals surface area contributed by atoms with Crippen molar-refractivity contribution in [2.75, 3.05) is 5.32 Å². The zero-order valence-corrected chi connectivity index (χ0v) is 16.2. The maximum absolute atomic E-state index is 13.0. The van der Waals surface area contributed by atoms with Crippen molar-refractivity contribution in [3.8, 4) is 0 Å². The van der Waals surface area contributed by atoms with E-state index in [1.54, 1.807) is 24.5 Å². The van der Waals surface area contributed by atoms with E-state index in [1.165, 1.54) is 42.5 Å². The third-order valence-electron chi connectivity index (χ3n) is 4.37. The molecule has 31 heavy (non-hydrogen) atoms. The van der Waals surface area contributed by atoms with E-state index in [0.717, 1.165) is 11.6 Å². The Morgan fingerprint density at radius 3 is 2.19 bits per heavy atom. The van der Waals surface area contributed by atoms with Gasteiger partial charge in [-0.05, 0) is 53.6 Å². The molecule has 0 unspecified atom stereocenters. The molecule has 6 nitrogen and oxygen atoms in total. The number of aromatic nitrogens is 1. The summed E-state index contributed by atoms with van der Waals surface area (Å²) in [5.74, 6) is -0.523. The van der Waals surface area contributed by atoms with Crippen LogP contribution in [0.3, 0.4) is 0 Å². The Morgan fingerprint density at radius 1 is 0.839 bits per heavy atom. The van der Waals surface area contributed by atoms with Crippen molar-refractivity contribution < 1.29 is 22.8 Å². The van der Waals surface area contributed by atoms with Gasteiger partial charge in [-0.3, -0.25) is 9.78 Å². The number of halogens is 3. The molecule has 0 atom stereocenters. The zero-order chi connectivity index (χ0) is 22.3. The van der Waals surface area contributed by atoms with Gasteiger partial charge in [0.25, 0.3) is 5.91 Å². The molecule has 0 bridgehead atoms. The summed E-state index contributed by atoms with van der Waals surface area (Å²) in [6.45, 7) is 0.0696. The molecule has 0 spiro atoms. The number of nitrogens with zero attached hydrogens (tertiary/aromatic N) is 1. The van der Waals surface area contributed by atoms with Gasteiger partial charge in [-0.25, -0.2) is 4.79 Å². The number of anilines is 1. The first-order valence-corrected chi connectivity index (χ1v) is 9.30. The van der Waals surface area contributed by atoms with Crippen LogP contribution in [0, 0.1) is 0 Å². The number of urea groups is 1. The van der Waals surface area contributed by atoms with Crippen LogP contribution in [0.5, 0.6) is 0 Å². The number of rotatable bonds is 6. The lowest BCUT2D eigenvalue weighted by Crippen LogP contribution is -2.28. The Labute approximate surface area is 176 Å². The highest BCUT2D eigenvalue weighted by Crippen LogP contribution is 2.31. The summed E-state index contributed by atoms with van der Waals surface area (Å²) in [6.07, 6.45) is -1.24. The first-order chi connectivity index (χ1) is 14.8. The molecule has 3 aromatic rings. The van der Waals surface area contributed by atoms with Crippen LogP contribution in [0.4, 0.5) is 23.7 Å². The molecule has 1 heterocycles. The molecular formula is C22H19F3N4O2. The van der Waals surface area contributed by atoms with Gasteiger partial charge in [0, 0.05) is 36.7 Å². The average Bonchev–Trinajstić information content (AvgIpc) is 2.77. The van der Waals surface area contributed by atoms with E-state index in [0.29, 0.717) is 12.2 Å². The van der Waals surface area contributed by atoms with Crippen LogP contribution >= 0.6 is 0 Å². The van der Waals surface area contributed by atoms with Crippen LogP contribution < -0.4 is 16.0 Å². The monoisotopic (exact) mass is 428 g/mol. The highest BCUT2D eigenvalue weighted by atomic mass is 19.4. The molecule has 160 valence electrons. The van der Waals surface area contributed by atoms with Gasteiger partial charge in [0.15, 0.2) is 0 Å². The van der Waals surface area contributed by atoms with Gasteiger partial charge in [-0.2, -0.15) is 13.2 Å². The number of pyridine rings is 1. The van der Waals surface area contributed by atoms with Crippen LogP contribution in [0.1, 0.15) is 27.0 Å². The Morgan fingerprint density at radius 2 is 1.52 bits per heavy atom. The standard InChI is InChI=1S/C22H19F3N4O2/c23-22(24,25)19-4-2-1-3-17(19)14-27-20(30)16-5-7-18(8-6-16)29-21(31)28-13-15-9-11-26-12-10-15/h1-12H,13-14H2,(H,27,30)(H2,28,29,31). The van der Waals surface area contributed by atoms with Crippen molar-refractivity contribution in [2.24, 2.45) is 0 Å². The molecule has 3 amide bonds. The van der Waals surface area contributed by atoms with Crippen molar-refractivity contribution in [1.29, 1.82) is 0 Å². The van der Waals surface area contributed by atoms with E-state index in [9.17, 15) is 22.8 Å². The molecule has 0 radical (unpaired) electrons. The van der Waals surface area contributed by atoms with E-state index in [2.05, 4.69) is 20.9 Å². The lowest BCUT2D eigenvalue weighted by molar-refractivity contribution is -0.138. The normalized spacial score (nSPS) is 10.9. The number of carbonyl (C=O) groups excluding carboxylic acids is 2. The number of carbonyl (C=O) groups is 2. The lowest BCUT2D eigenvalue weighted by Gasteiger charge is -2.13. The van der Waals surface area contributed by atoms with Crippen molar-refractivity contribution in [1.82, 2.24) is 15.6 Å². The predicted octanol–water partition coefficient (Wildman–Crippen LogP) is 4.35. The van der Waals surface area contributed by atoms with Gasteiger partial charge in [-0.1, -0.05) is 18.2 Å². The first kappa shape index (κ1) is 21.8. The number of nitrogens with one attached hydrogen (secondary N) is 3. The van der Waals surface area contributed by atoms with Gasteiger partial charge in [0.05, 0.1) is 5.56 Å². The zero-order valence-electron chi connectivity index (χ0n) is 16.2. The van der Waals surface area contributed by atoms with Crippen LogP contribution in [-0.2, 0) is 19.3 Å². The van der Waals surface area contributed by atoms with Crippen LogP contribution in [0.25, 0.3) is 0 Å². The quantitative estimate of drug-likeness (QED) is 0.546. The summed E-state index contributed by atoms with van der Waals surface area (Å²) in [5, 5.41) is 7.81. The van der Waals surface area contributed by atoms with Gasteiger partial charge < -0.3 is 16.0 Å². The molecule has 3 rings (SSSR count). The van der Waals surface area contributed by atoms with Crippen LogP contribution in [0.15, 0.2) is 73.1 Å². The van der Waals surface area contributed by atoms with E-state index in [1.807, 2.05) is 0 Å². The Kier molecular flexibility index (Phi) is 6.86. The third kappa shape index (κ3) is 6.30. The Bertz CT molecular complexity index is 1040. The second-order valence-electron chi connectivity index (χ2n) is 6.58. The lowest BCUT2D eigenvalue weighted by atomic mass is 10.1. The van der Waals surface area contributed by atoms with E-state index in [-0.39, 0.29) is 17.7 Å². The van der Waals surface area contributed by atoms with E-state index >= 15 is 0 Å². The van der Waals surface area contributed by atoms with Crippen molar-refractivity contribution in [3.63, 3.8) is 0 Å². The molecule has 1 aromatic heterocycles. The molecule has 0 aliphatic heterocycles. The number of hydrogen-bond donors (Lipinski definition) is 3. The SMILES string of the molecule is O=C(NCc1ccncc1)Nc1ccc(C(=O)NCc2ccccc2C(F)(F)F)cc1. The minimum Gasteiger partial charge on any atom is -0.348 e. The second-order valence-corrected chi connectivity index (χ2v) is 6.58. The molecule has 0 aliphatic rings. The van der Waals surface area contributed by atoms with Gasteiger partial charge in [0.2, 0.25) is 0 Å². The third-order valence-corrected chi connectivity index (χ3v) is 4.37. The van der Waals surface area contributed by atoms with Crippen molar-refractivity contribution in [2.45, 2.75) is 19.3 Å². The summed E-state index contributed by atoms with van der Waals surface area (Å²) >= 11 is 0.